The van der Waals surface area contributed by atoms with Gasteiger partial charge in [0.2, 0.25) is 0 Å². The third-order valence-electron chi connectivity index (χ3n) is 12.3. The molecule has 400 valence electrons. The third kappa shape index (κ3) is 55.3. The van der Waals surface area contributed by atoms with Gasteiger partial charge in [0.05, 0.1) is 0 Å². The minimum absolute atomic E-state index is 0.0815. The Balaban J connectivity index is 4.11. The van der Waals surface area contributed by atoms with Gasteiger partial charge in [-0.05, 0) is 96.3 Å². The van der Waals surface area contributed by atoms with Crippen molar-refractivity contribution in [2.24, 2.45) is 0 Å². The molecule has 0 aliphatic heterocycles. The van der Waals surface area contributed by atoms with Crippen LogP contribution in [0.1, 0.15) is 271 Å². The highest BCUT2D eigenvalue weighted by molar-refractivity contribution is 5.71. The zero-order chi connectivity index (χ0) is 50.7. The van der Waals surface area contributed by atoms with Gasteiger partial charge in [0, 0.05) is 19.3 Å². The van der Waals surface area contributed by atoms with Gasteiger partial charge in [-0.2, -0.15) is 0 Å². The van der Waals surface area contributed by atoms with Crippen molar-refractivity contribution in [2.45, 2.75) is 277 Å². The molecule has 70 heavy (non-hydrogen) atoms. The number of hydrogen-bond acceptors (Lipinski definition) is 6. The summed E-state index contributed by atoms with van der Waals surface area (Å²) >= 11 is 0. The topological polar surface area (TPSA) is 78.9 Å². The fourth-order valence-electron chi connectivity index (χ4n) is 7.95. The van der Waals surface area contributed by atoms with E-state index in [4.69, 9.17) is 14.2 Å². The Morgan fingerprint density at radius 3 is 0.929 bits per heavy atom. The fourth-order valence-corrected chi connectivity index (χ4v) is 7.95. The Bertz CT molecular complexity index is 1400. The van der Waals surface area contributed by atoms with Gasteiger partial charge in [0.25, 0.3) is 0 Å². The second-order valence-corrected chi connectivity index (χ2v) is 19.2. The van der Waals surface area contributed by atoms with E-state index in [0.717, 1.165) is 128 Å². The number of unbranched alkanes of at least 4 members (excludes halogenated alkanes) is 25. The summed E-state index contributed by atoms with van der Waals surface area (Å²) in [5, 5.41) is 0. The molecule has 6 heteroatoms. The zero-order valence-electron chi connectivity index (χ0n) is 45.8. The van der Waals surface area contributed by atoms with E-state index in [-0.39, 0.29) is 31.1 Å². The number of allylic oxidation sites excluding steroid dienone is 16. The molecule has 0 bridgehead atoms. The molecule has 1 unspecified atom stereocenters. The Morgan fingerprint density at radius 2 is 0.586 bits per heavy atom. The van der Waals surface area contributed by atoms with Crippen molar-refractivity contribution in [2.75, 3.05) is 13.2 Å². The minimum atomic E-state index is -0.782. The van der Waals surface area contributed by atoms with Crippen LogP contribution in [0, 0.1) is 0 Å². The van der Waals surface area contributed by atoms with Gasteiger partial charge < -0.3 is 14.2 Å². The monoisotopic (exact) mass is 973 g/mol. The van der Waals surface area contributed by atoms with E-state index in [0.29, 0.717) is 19.3 Å². The molecule has 0 rings (SSSR count). The minimum Gasteiger partial charge on any atom is -0.462 e. The number of carbonyl (C=O) groups excluding carboxylic acids is 3. The molecule has 0 fully saturated rings. The van der Waals surface area contributed by atoms with Crippen LogP contribution in [0.15, 0.2) is 97.2 Å². The van der Waals surface area contributed by atoms with E-state index < -0.39 is 6.10 Å². The van der Waals surface area contributed by atoms with E-state index in [1.807, 2.05) is 0 Å². The molecule has 0 aliphatic carbocycles. The molecule has 0 radical (unpaired) electrons. The maximum absolute atomic E-state index is 12.8. The quantitative estimate of drug-likeness (QED) is 0.0262. The molecule has 0 aliphatic rings. The average molecular weight is 974 g/mol. The Morgan fingerprint density at radius 1 is 0.300 bits per heavy atom. The molecule has 0 heterocycles. The largest absolute Gasteiger partial charge is 0.462 e. The first-order valence-electron chi connectivity index (χ1n) is 29.2. The van der Waals surface area contributed by atoms with Crippen LogP contribution >= 0.6 is 0 Å². The summed E-state index contributed by atoms with van der Waals surface area (Å²) in [5.41, 5.74) is 0. The molecule has 0 aromatic carbocycles. The smallest absolute Gasteiger partial charge is 0.306 e. The van der Waals surface area contributed by atoms with Crippen LogP contribution in [0.25, 0.3) is 0 Å². The van der Waals surface area contributed by atoms with Crippen LogP contribution in [-0.2, 0) is 28.6 Å². The Labute approximate surface area is 432 Å². The second-order valence-electron chi connectivity index (χ2n) is 19.2. The molecule has 0 aromatic heterocycles. The highest BCUT2D eigenvalue weighted by Crippen LogP contribution is 2.15. The van der Waals surface area contributed by atoms with Crippen molar-refractivity contribution in [3.63, 3.8) is 0 Å². The molecule has 0 saturated heterocycles. The Kier molecular flexibility index (Phi) is 54.9. The predicted octanol–water partition coefficient (Wildman–Crippen LogP) is 19.7. The molecule has 0 amide bonds. The second kappa shape index (κ2) is 57.9. The van der Waals surface area contributed by atoms with Gasteiger partial charge in [-0.1, -0.05) is 253 Å². The van der Waals surface area contributed by atoms with Crippen LogP contribution in [0.2, 0.25) is 0 Å². The van der Waals surface area contributed by atoms with Gasteiger partial charge in [-0.3, -0.25) is 14.4 Å². The van der Waals surface area contributed by atoms with Crippen molar-refractivity contribution < 1.29 is 28.6 Å². The standard InChI is InChI=1S/C64H108O6/c1-4-7-10-13-16-19-21-23-24-25-26-27-28-29-30-31-32-33-34-35-36-37-38-39-40-42-43-45-48-51-54-57-63(66)69-60-61(59-68-62(65)56-53-50-47-18-15-12-9-6-3)70-64(67)58-55-52-49-46-44-41-22-20-17-14-11-8-5-2/h7,10-11,14,16,19-20,22-24,26-27,29-30,32-33,61H,4-6,8-9,12-13,15,17-18,21,25,28,31,34-60H2,1-3H3/b10-7-,14-11-,19-16-,22-20-,24-23-,27-26-,30-29-,33-32-. The first-order chi connectivity index (χ1) is 34.5. The Hall–Kier alpha value is -3.67. The van der Waals surface area contributed by atoms with Crippen molar-refractivity contribution in [3.05, 3.63) is 97.2 Å². The summed E-state index contributed by atoms with van der Waals surface area (Å²) in [4.78, 5) is 37.9. The summed E-state index contributed by atoms with van der Waals surface area (Å²) in [6.45, 7) is 6.42. The van der Waals surface area contributed by atoms with Gasteiger partial charge in [-0.15, -0.1) is 0 Å². The van der Waals surface area contributed by atoms with E-state index in [1.165, 1.54) is 103 Å². The number of esters is 3. The number of rotatable bonds is 52. The molecule has 0 aromatic rings. The van der Waals surface area contributed by atoms with Crippen molar-refractivity contribution in [1.82, 2.24) is 0 Å². The molecular formula is C64H108O6. The SMILES string of the molecule is CC/C=C\C/C=C\C/C=C\C/C=C\C/C=C\C/C=C\CCCCCCCCCCCCCCC(=O)OCC(COC(=O)CCCCCCCCCC)OC(=O)CCCCCCC/C=C\C/C=C\CCC. The van der Waals surface area contributed by atoms with Crippen molar-refractivity contribution >= 4 is 17.9 Å². The van der Waals surface area contributed by atoms with Crippen LogP contribution < -0.4 is 0 Å². The lowest BCUT2D eigenvalue weighted by Crippen LogP contribution is -2.30. The molecule has 1 atom stereocenters. The van der Waals surface area contributed by atoms with Gasteiger partial charge in [0.15, 0.2) is 6.10 Å². The van der Waals surface area contributed by atoms with Crippen LogP contribution in [0.5, 0.6) is 0 Å². The molecule has 0 N–H and O–H groups in total. The number of ether oxygens (including phenoxy) is 3. The summed E-state index contributed by atoms with van der Waals surface area (Å²) in [7, 11) is 0. The van der Waals surface area contributed by atoms with Crippen LogP contribution in [0.4, 0.5) is 0 Å². The van der Waals surface area contributed by atoms with Crippen molar-refractivity contribution in [1.29, 1.82) is 0 Å². The van der Waals surface area contributed by atoms with Gasteiger partial charge >= 0.3 is 17.9 Å². The molecule has 0 spiro atoms. The molecule has 6 nitrogen and oxygen atoms in total. The van der Waals surface area contributed by atoms with E-state index >= 15 is 0 Å². The first-order valence-corrected chi connectivity index (χ1v) is 29.2. The lowest BCUT2D eigenvalue weighted by molar-refractivity contribution is -0.167. The number of hydrogen-bond donors (Lipinski definition) is 0. The summed E-state index contributed by atoms with van der Waals surface area (Å²) in [6.07, 6.45) is 77.1. The zero-order valence-corrected chi connectivity index (χ0v) is 45.8. The molecule has 0 saturated carbocycles. The van der Waals surface area contributed by atoms with Gasteiger partial charge in [0.1, 0.15) is 13.2 Å². The highest BCUT2D eigenvalue weighted by Gasteiger charge is 2.19. The first kappa shape index (κ1) is 66.3. The van der Waals surface area contributed by atoms with E-state index in [2.05, 4.69) is 118 Å². The van der Waals surface area contributed by atoms with Crippen molar-refractivity contribution in [3.8, 4) is 0 Å². The normalized spacial score (nSPS) is 12.8. The highest BCUT2D eigenvalue weighted by atomic mass is 16.6. The summed E-state index contributed by atoms with van der Waals surface area (Å²) in [5.74, 6) is -0.900. The third-order valence-corrected chi connectivity index (χ3v) is 12.3. The van der Waals surface area contributed by atoms with E-state index in [1.54, 1.807) is 0 Å². The maximum Gasteiger partial charge on any atom is 0.306 e. The fraction of sp³-hybridized carbons (Fsp3) is 0.703. The van der Waals surface area contributed by atoms with Crippen LogP contribution in [-0.4, -0.2) is 37.2 Å². The molecular weight excluding hydrogens is 865 g/mol. The maximum atomic E-state index is 12.8. The summed E-state index contributed by atoms with van der Waals surface area (Å²) < 4.78 is 16.8. The number of carbonyl (C=O) groups is 3. The van der Waals surface area contributed by atoms with E-state index in [9.17, 15) is 14.4 Å². The lowest BCUT2D eigenvalue weighted by atomic mass is 10.0. The van der Waals surface area contributed by atoms with Gasteiger partial charge in [-0.25, -0.2) is 0 Å². The predicted molar refractivity (Wildman–Crippen MR) is 302 cm³/mol. The van der Waals surface area contributed by atoms with Crippen LogP contribution in [0.3, 0.4) is 0 Å². The average Bonchev–Trinajstić information content (AvgIpc) is 3.36. The summed E-state index contributed by atoms with van der Waals surface area (Å²) in [6, 6.07) is 0. The lowest BCUT2D eigenvalue weighted by Gasteiger charge is -2.18.